The van der Waals surface area contributed by atoms with E-state index in [-0.39, 0.29) is 11.5 Å². The summed E-state index contributed by atoms with van der Waals surface area (Å²) >= 11 is 1.67. The number of likely N-dealkylation sites (tertiary alicyclic amines) is 1. The van der Waals surface area contributed by atoms with Gasteiger partial charge in [-0.2, -0.15) is 0 Å². The van der Waals surface area contributed by atoms with E-state index in [0.29, 0.717) is 12.5 Å². The summed E-state index contributed by atoms with van der Waals surface area (Å²) < 4.78 is 0. The van der Waals surface area contributed by atoms with Gasteiger partial charge in [-0.1, -0.05) is 27.7 Å². The highest BCUT2D eigenvalue weighted by Crippen LogP contribution is 2.28. The highest BCUT2D eigenvalue weighted by molar-refractivity contribution is 7.09. The van der Waals surface area contributed by atoms with E-state index in [1.165, 1.54) is 0 Å². The maximum Gasteiger partial charge on any atom is 0.320 e. The van der Waals surface area contributed by atoms with E-state index >= 15 is 0 Å². The number of aromatic nitrogens is 1. The fourth-order valence-electron chi connectivity index (χ4n) is 2.57. The van der Waals surface area contributed by atoms with Crippen LogP contribution in [0.25, 0.3) is 0 Å². The van der Waals surface area contributed by atoms with Crippen LogP contribution in [0.1, 0.15) is 51.2 Å². The zero-order valence-electron chi connectivity index (χ0n) is 12.7. The molecule has 4 nitrogen and oxygen atoms in total. The predicted molar refractivity (Wildman–Crippen MR) is 81.0 cm³/mol. The highest BCUT2D eigenvalue weighted by Gasteiger charge is 2.32. The fraction of sp³-hybridized carbons (Fsp3) is 0.733. The molecular weight excluding hydrogens is 272 g/mol. The molecule has 0 aliphatic carbocycles. The molecule has 1 saturated heterocycles. The Morgan fingerprint density at radius 1 is 1.55 bits per heavy atom. The van der Waals surface area contributed by atoms with E-state index in [1.54, 1.807) is 11.3 Å². The third-order valence-electron chi connectivity index (χ3n) is 3.82. The van der Waals surface area contributed by atoms with Crippen molar-refractivity contribution >= 4 is 17.3 Å². The largest absolute Gasteiger partial charge is 0.480 e. The van der Waals surface area contributed by atoms with Crippen molar-refractivity contribution in [1.82, 2.24) is 9.88 Å². The van der Waals surface area contributed by atoms with Crippen LogP contribution in [0.15, 0.2) is 5.38 Å². The molecule has 0 radical (unpaired) electrons. The van der Waals surface area contributed by atoms with Crippen molar-refractivity contribution in [2.24, 2.45) is 5.92 Å². The van der Waals surface area contributed by atoms with Crippen LogP contribution in [0.3, 0.4) is 0 Å². The van der Waals surface area contributed by atoms with Crippen molar-refractivity contribution in [3.05, 3.63) is 16.1 Å². The molecular formula is C15H24N2O2S. The third kappa shape index (κ3) is 3.58. The van der Waals surface area contributed by atoms with Gasteiger partial charge in [-0.05, 0) is 25.3 Å². The second-order valence-electron chi connectivity index (χ2n) is 6.85. The summed E-state index contributed by atoms with van der Waals surface area (Å²) in [5.74, 6) is -0.212. The quantitative estimate of drug-likeness (QED) is 0.931. The fourth-order valence-corrected chi connectivity index (χ4v) is 3.47. The number of piperidine rings is 1. The number of rotatable bonds is 3. The molecule has 112 valence electrons. The average molecular weight is 296 g/mol. The monoisotopic (exact) mass is 296 g/mol. The summed E-state index contributed by atoms with van der Waals surface area (Å²) in [6.07, 6.45) is 1.81. The maximum atomic E-state index is 11.4. The summed E-state index contributed by atoms with van der Waals surface area (Å²) in [4.78, 5) is 18.1. The molecule has 2 heterocycles. The number of hydrogen-bond donors (Lipinski definition) is 1. The van der Waals surface area contributed by atoms with E-state index in [9.17, 15) is 9.90 Å². The van der Waals surface area contributed by atoms with Gasteiger partial charge in [-0.15, -0.1) is 11.3 Å². The smallest absolute Gasteiger partial charge is 0.320 e. The summed E-state index contributed by atoms with van der Waals surface area (Å²) in [5.41, 5.74) is 1.06. The summed E-state index contributed by atoms with van der Waals surface area (Å²) in [7, 11) is 0. The number of carbonyl (C=O) groups is 1. The molecule has 0 amide bonds. The van der Waals surface area contributed by atoms with Crippen molar-refractivity contribution in [3.63, 3.8) is 0 Å². The van der Waals surface area contributed by atoms with Crippen LogP contribution in [0.5, 0.6) is 0 Å². The van der Waals surface area contributed by atoms with Gasteiger partial charge in [-0.3, -0.25) is 9.69 Å². The first kappa shape index (κ1) is 15.4. The molecule has 1 aromatic heterocycles. The lowest BCUT2D eigenvalue weighted by Crippen LogP contribution is -2.46. The van der Waals surface area contributed by atoms with Crippen molar-refractivity contribution in [2.75, 3.05) is 6.54 Å². The minimum Gasteiger partial charge on any atom is -0.480 e. The first-order chi connectivity index (χ1) is 9.27. The lowest BCUT2D eigenvalue weighted by Gasteiger charge is -2.35. The van der Waals surface area contributed by atoms with E-state index in [0.717, 1.165) is 30.1 Å². The molecule has 1 aromatic rings. The number of thiazole rings is 1. The van der Waals surface area contributed by atoms with E-state index in [2.05, 4.69) is 43.0 Å². The standard InChI is InChI=1S/C15H24N2O2S/c1-10-5-6-17(12(7-10)13(18)19)8-11-9-20-14(16-11)15(2,3)4/h9-10,12H,5-8H2,1-4H3,(H,18,19). The zero-order valence-corrected chi connectivity index (χ0v) is 13.5. The SMILES string of the molecule is CC1CCN(Cc2csc(C(C)(C)C)n2)C(C(=O)O)C1. The third-order valence-corrected chi connectivity index (χ3v) is 5.14. The van der Waals surface area contributed by atoms with Gasteiger partial charge in [0, 0.05) is 17.3 Å². The normalized spacial score (nSPS) is 24.8. The molecule has 5 heteroatoms. The van der Waals surface area contributed by atoms with E-state index < -0.39 is 5.97 Å². The van der Waals surface area contributed by atoms with Gasteiger partial charge in [0.05, 0.1) is 10.7 Å². The first-order valence-electron chi connectivity index (χ1n) is 7.19. The first-order valence-corrected chi connectivity index (χ1v) is 8.07. The van der Waals surface area contributed by atoms with Crippen molar-refractivity contribution in [1.29, 1.82) is 0 Å². The van der Waals surface area contributed by atoms with Gasteiger partial charge < -0.3 is 5.11 Å². The summed E-state index contributed by atoms with van der Waals surface area (Å²) in [6, 6.07) is -0.362. The van der Waals surface area contributed by atoms with Crippen LogP contribution in [0, 0.1) is 5.92 Å². The second kappa shape index (κ2) is 5.82. The van der Waals surface area contributed by atoms with Crippen LogP contribution in [0.2, 0.25) is 0 Å². The molecule has 0 bridgehead atoms. The Hall–Kier alpha value is -0.940. The average Bonchev–Trinajstić information content (AvgIpc) is 2.79. The van der Waals surface area contributed by atoms with Crippen molar-refractivity contribution in [3.8, 4) is 0 Å². The number of carboxylic acids is 1. The van der Waals surface area contributed by atoms with Gasteiger partial charge in [0.2, 0.25) is 0 Å². The molecule has 0 aromatic carbocycles. The Bertz CT molecular complexity index is 478. The highest BCUT2D eigenvalue weighted by atomic mass is 32.1. The molecule has 1 aliphatic rings. The molecule has 1 N–H and O–H groups in total. The Balaban J connectivity index is 2.08. The Labute approximate surface area is 124 Å². The zero-order chi connectivity index (χ0) is 14.9. The van der Waals surface area contributed by atoms with Crippen molar-refractivity contribution in [2.45, 2.75) is 58.5 Å². The minimum atomic E-state index is -0.706. The van der Waals surface area contributed by atoms with Gasteiger partial charge in [0.1, 0.15) is 6.04 Å². The van der Waals surface area contributed by atoms with Gasteiger partial charge in [-0.25, -0.2) is 4.98 Å². The molecule has 1 fully saturated rings. The number of carboxylic acid groups (broad SMARTS) is 1. The molecule has 0 saturated carbocycles. The summed E-state index contributed by atoms with van der Waals surface area (Å²) in [6.45, 7) is 10.1. The Kier molecular flexibility index (Phi) is 4.49. The molecule has 2 atom stereocenters. The minimum absolute atomic E-state index is 0.0610. The lowest BCUT2D eigenvalue weighted by atomic mass is 9.92. The van der Waals surface area contributed by atoms with Gasteiger partial charge in [0.25, 0.3) is 0 Å². The van der Waals surface area contributed by atoms with Crippen LogP contribution < -0.4 is 0 Å². The molecule has 1 aliphatic heterocycles. The molecule has 2 unspecified atom stereocenters. The van der Waals surface area contributed by atoms with Crippen molar-refractivity contribution < 1.29 is 9.90 Å². The Morgan fingerprint density at radius 3 is 2.80 bits per heavy atom. The topological polar surface area (TPSA) is 53.4 Å². The van der Waals surface area contributed by atoms with Crippen LogP contribution >= 0.6 is 11.3 Å². The maximum absolute atomic E-state index is 11.4. The van der Waals surface area contributed by atoms with Crippen LogP contribution in [-0.2, 0) is 16.8 Å². The number of nitrogens with zero attached hydrogens (tertiary/aromatic N) is 2. The second-order valence-corrected chi connectivity index (χ2v) is 7.71. The predicted octanol–water partition coefficient (Wildman–Crippen LogP) is 3.13. The molecule has 20 heavy (non-hydrogen) atoms. The van der Waals surface area contributed by atoms with Crippen LogP contribution in [-0.4, -0.2) is 33.5 Å². The molecule has 2 rings (SSSR count). The van der Waals surface area contributed by atoms with E-state index in [4.69, 9.17) is 0 Å². The lowest BCUT2D eigenvalue weighted by molar-refractivity contribution is -0.145. The summed E-state index contributed by atoms with van der Waals surface area (Å²) in [5, 5.41) is 12.6. The number of aliphatic carboxylic acids is 1. The van der Waals surface area contributed by atoms with Gasteiger partial charge in [0.15, 0.2) is 0 Å². The number of hydrogen-bond acceptors (Lipinski definition) is 4. The van der Waals surface area contributed by atoms with E-state index in [1.807, 2.05) is 0 Å². The molecule has 0 spiro atoms. The van der Waals surface area contributed by atoms with Gasteiger partial charge >= 0.3 is 5.97 Å². The Morgan fingerprint density at radius 2 is 2.25 bits per heavy atom. The van der Waals surface area contributed by atoms with Crippen LogP contribution in [0.4, 0.5) is 0 Å².